The van der Waals surface area contributed by atoms with Crippen LogP contribution in [-0.2, 0) is 9.53 Å². The van der Waals surface area contributed by atoms with Gasteiger partial charge in [0.05, 0.1) is 11.6 Å². The average Bonchev–Trinajstić information content (AvgIpc) is 2.95. The van der Waals surface area contributed by atoms with Crippen molar-refractivity contribution in [1.82, 2.24) is 10.2 Å². The number of rotatable bonds is 4. The van der Waals surface area contributed by atoms with E-state index in [0.29, 0.717) is 6.54 Å². The number of carbonyl (C=O) groups is 2. The van der Waals surface area contributed by atoms with E-state index in [1.165, 1.54) is 18.7 Å². The lowest BCUT2D eigenvalue weighted by Gasteiger charge is -2.28. The van der Waals surface area contributed by atoms with E-state index < -0.39 is 29.3 Å². The summed E-state index contributed by atoms with van der Waals surface area (Å²) in [5, 5.41) is 22.9. The summed E-state index contributed by atoms with van der Waals surface area (Å²) in [6.45, 7) is 8.68. The third-order valence-electron chi connectivity index (χ3n) is 4.46. The first-order chi connectivity index (χ1) is 12.4. The standard InChI is InChI=1S/C20H30N2O5/c1-19(2,3)27-18(25)21-15-12-22(17(24)16(23)20(4,5)26)11-14(15)13-9-7-6-8-10-13/h6-10,14-16,23,26H,11-12H2,1-5H3,(H,21,25)/t14-,15+,16?/m0/s1. The third kappa shape index (κ3) is 5.68. The predicted molar refractivity (Wildman–Crippen MR) is 101 cm³/mol. The van der Waals surface area contributed by atoms with E-state index in [1.54, 1.807) is 20.8 Å². The number of alkyl carbamates (subject to hydrolysis) is 1. The monoisotopic (exact) mass is 378 g/mol. The molecule has 1 heterocycles. The molecule has 7 nitrogen and oxygen atoms in total. The molecule has 0 spiro atoms. The summed E-state index contributed by atoms with van der Waals surface area (Å²) in [6.07, 6.45) is -2.08. The molecular formula is C20H30N2O5. The van der Waals surface area contributed by atoms with Gasteiger partial charge < -0.3 is 25.2 Å². The fourth-order valence-electron chi connectivity index (χ4n) is 3.10. The predicted octanol–water partition coefficient (Wildman–Crippen LogP) is 1.64. The van der Waals surface area contributed by atoms with E-state index in [1.807, 2.05) is 30.3 Å². The molecule has 1 aromatic rings. The largest absolute Gasteiger partial charge is 0.444 e. The minimum absolute atomic E-state index is 0.142. The van der Waals surface area contributed by atoms with Gasteiger partial charge in [0.2, 0.25) is 0 Å². The Kier molecular flexibility index (Phi) is 6.17. The minimum atomic E-state index is -1.55. The highest BCUT2D eigenvalue weighted by atomic mass is 16.6. The highest BCUT2D eigenvalue weighted by molar-refractivity contribution is 5.82. The van der Waals surface area contributed by atoms with Crippen molar-refractivity contribution in [3.8, 4) is 0 Å². The Labute approximate surface area is 160 Å². The number of benzene rings is 1. The molecule has 0 aromatic heterocycles. The number of nitrogens with one attached hydrogen (secondary N) is 1. The number of carbonyl (C=O) groups excluding carboxylic acids is 2. The van der Waals surface area contributed by atoms with Crippen molar-refractivity contribution in [2.24, 2.45) is 0 Å². The summed E-state index contributed by atoms with van der Waals surface area (Å²) < 4.78 is 5.34. The van der Waals surface area contributed by atoms with Gasteiger partial charge in [-0.2, -0.15) is 0 Å². The molecule has 2 rings (SSSR count). The first-order valence-corrected chi connectivity index (χ1v) is 9.12. The lowest BCUT2D eigenvalue weighted by molar-refractivity contribution is -0.151. The van der Waals surface area contributed by atoms with E-state index in [9.17, 15) is 19.8 Å². The smallest absolute Gasteiger partial charge is 0.407 e. The Morgan fingerprint density at radius 1 is 1.15 bits per heavy atom. The maximum Gasteiger partial charge on any atom is 0.407 e. The van der Waals surface area contributed by atoms with Crippen molar-refractivity contribution >= 4 is 12.0 Å². The number of ether oxygens (including phenoxy) is 1. The first-order valence-electron chi connectivity index (χ1n) is 9.12. The maximum absolute atomic E-state index is 12.6. The molecular weight excluding hydrogens is 348 g/mol. The molecule has 2 amide bonds. The zero-order valence-corrected chi connectivity index (χ0v) is 16.6. The van der Waals surface area contributed by atoms with Gasteiger partial charge in [-0.3, -0.25) is 4.79 Å². The average molecular weight is 378 g/mol. The molecule has 1 saturated heterocycles. The Bertz CT molecular complexity index is 663. The van der Waals surface area contributed by atoms with Crippen LogP contribution in [-0.4, -0.2) is 63.6 Å². The molecule has 150 valence electrons. The highest BCUT2D eigenvalue weighted by Crippen LogP contribution is 2.29. The van der Waals surface area contributed by atoms with Crippen LogP contribution in [0.15, 0.2) is 30.3 Å². The van der Waals surface area contributed by atoms with Crippen molar-refractivity contribution in [2.45, 2.75) is 63.9 Å². The van der Waals surface area contributed by atoms with Crippen LogP contribution in [0, 0.1) is 0 Å². The van der Waals surface area contributed by atoms with Gasteiger partial charge in [-0.05, 0) is 40.2 Å². The van der Waals surface area contributed by atoms with Crippen LogP contribution in [0.1, 0.15) is 46.1 Å². The van der Waals surface area contributed by atoms with Gasteiger partial charge in [-0.15, -0.1) is 0 Å². The molecule has 3 atom stereocenters. The topological polar surface area (TPSA) is 99.1 Å². The number of likely N-dealkylation sites (tertiary alicyclic amines) is 1. The van der Waals surface area contributed by atoms with Gasteiger partial charge in [0, 0.05) is 19.0 Å². The van der Waals surface area contributed by atoms with Crippen molar-refractivity contribution < 1.29 is 24.5 Å². The molecule has 0 saturated carbocycles. The number of amides is 2. The van der Waals surface area contributed by atoms with Crippen LogP contribution in [0.2, 0.25) is 0 Å². The minimum Gasteiger partial charge on any atom is -0.444 e. The Hall–Kier alpha value is -2.12. The van der Waals surface area contributed by atoms with Crippen LogP contribution in [0.5, 0.6) is 0 Å². The molecule has 1 aliphatic rings. The number of hydrogen-bond acceptors (Lipinski definition) is 5. The number of hydrogen-bond donors (Lipinski definition) is 3. The molecule has 0 radical (unpaired) electrons. The van der Waals surface area contributed by atoms with E-state index in [-0.39, 0.29) is 18.5 Å². The van der Waals surface area contributed by atoms with Gasteiger partial charge >= 0.3 is 6.09 Å². The Balaban J connectivity index is 2.19. The van der Waals surface area contributed by atoms with Gasteiger partial charge in [0.1, 0.15) is 5.60 Å². The van der Waals surface area contributed by atoms with E-state index in [2.05, 4.69) is 5.32 Å². The lowest BCUT2D eigenvalue weighted by atomic mass is 9.94. The van der Waals surface area contributed by atoms with E-state index in [0.717, 1.165) is 5.56 Å². The Morgan fingerprint density at radius 3 is 2.26 bits per heavy atom. The zero-order chi connectivity index (χ0) is 20.4. The van der Waals surface area contributed by atoms with Gasteiger partial charge in [0.25, 0.3) is 5.91 Å². The zero-order valence-electron chi connectivity index (χ0n) is 16.6. The fourth-order valence-corrected chi connectivity index (χ4v) is 3.10. The second kappa shape index (κ2) is 7.86. The molecule has 1 fully saturated rings. The molecule has 1 aliphatic heterocycles. The molecule has 7 heteroatoms. The van der Waals surface area contributed by atoms with Crippen LogP contribution in [0.4, 0.5) is 4.79 Å². The van der Waals surface area contributed by atoms with Crippen molar-refractivity contribution in [2.75, 3.05) is 13.1 Å². The van der Waals surface area contributed by atoms with Crippen LogP contribution in [0.25, 0.3) is 0 Å². The number of nitrogens with zero attached hydrogens (tertiary/aromatic N) is 1. The summed E-state index contributed by atoms with van der Waals surface area (Å²) in [5.74, 6) is -0.700. The van der Waals surface area contributed by atoms with Gasteiger partial charge in [0.15, 0.2) is 6.10 Å². The first kappa shape index (κ1) is 21.2. The normalized spacial score (nSPS) is 21.7. The quantitative estimate of drug-likeness (QED) is 0.740. The van der Waals surface area contributed by atoms with E-state index >= 15 is 0 Å². The SMILES string of the molecule is CC(C)(C)OC(=O)N[C@@H]1CN(C(=O)C(O)C(C)(C)O)C[C@H]1c1ccccc1. The second-order valence-electron chi connectivity index (χ2n) is 8.57. The summed E-state index contributed by atoms with van der Waals surface area (Å²) in [6, 6.07) is 9.21. The summed E-state index contributed by atoms with van der Waals surface area (Å²) >= 11 is 0. The van der Waals surface area contributed by atoms with Crippen molar-refractivity contribution in [3.05, 3.63) is 35.9 Å². The number of aliphatic hydroxyl groups is 2. The second-order valence-corrected chi connectivity index (χ2v) is 8.57. The molecule has 0 aliphatic carbocycles. The molecule has 27 heavy (non-hydrogen) atoms. The number of aliphatic hydroxyl groups excluding tert-OH is 1. The summed E-state index contributed by atoms with van der Waals surface area (Å²) in [5.41, 5.74) is -1.19. The highest BCUT2D eigenvalue weighted by Gasteiger charge is 2.42. The summed E-state index contributed by atoms with van der Waals surface area (Å²) in [7, 11) is 0. The van der Waals surface area contributed by atoms with Gasteiger partial charge in [-0.25, -0.2) is 4.79 Å². The van der Waals surface area contributed by atoms with E-state index in [4.69, 9.17) is 4.74 Å². The molecule has 0 bridgehead atoms. The lowest BCUT2D eigenvalue weighted by Crippen LogP contribution is -2.50. The van der Waals surface area contributed by atoms with Crippen molar-refractivity contribution in [1.29, 1.82) is 0 Å². The Morgan fingerprint density at radius 2 is 1.74 bits per heavy atom. The van der Waals surface area contributed by atoms with Crippen LogP contribution < -0.4 is 5.32 Å². The molecule has 3 N–H and O–H groups in total. The van der Waals surface area contributed by atoms with Crippen molar-refractivity contribution in [3.63, 3.8) is 0 Å². The summed E-state index contributed by atoms with van der Waals surface area (Å²) in [4.78, 5) is 26.3. The maximum atomic E-state index is 12.6. The van der Waals surface area contributed by atoms with Crippen LogP contribution >= 0.6 is 0 Å². The molecule has 1 aromatic carbocycles. The molecule has 1 unspecified atom stereocenters. The third-order valence-corrected chi connectivity index (χ3v) is 4.46. The van der Waals surface area contributed by atoms with Gasteiger partial charge in [-0.1, -0.05) is 30.3 Å². The van der Waals surface area contributed by atoms with Crippen LogP contribution in [0.3, 0.4) is 0 Å². The fraction of sp³-hybridized carbons (Fsp3) is 0.600.